The van der Waals surface area contributed by atoms with Crippen molar-refractivity contribution in [3.8, 4) is 0 Å². The normalized spacial score (nSPS) is 10.6. The average molecular weight is 295 g/mol. The van der Waals surface area contributed by atoms with Crippen molar-refractivity contribution < 1.29 is 9.59 Å². The molecule has 0 aliphatic rings. The molecule has 0 saturated carbocycles. The van der Waals surface area contributed by atoms with E-state index in [1.54, 1.807) is 24.3 Å². The van der Waals surface area contributed by atoms with Crippen molar-refractivity contribution in [3.05, 3.63) is 70.8 Å². The molecule has 0 atom stereocenters. The van der Waals surface area contributed by atoms with E-state index in [-0.39, 0.29) is 17.9 Å². The van der Waals surface area contributed by atoms with Crippen molar-refractivity contribution in [1.82, 2.24) is 4.90 Å². The van der Waals surface area contributed by atoms with Gasteiger partial charge in [0.2, 0.25) is 0 Å². The molecule has 2 amide bonds. The van der Waals surface area contributed by atoms with Crippen LogP contribution in [-0.2, 0) is 0 Å². The first-order valence-corrected chi connectivity index (χ1v) is 7.41. The molecule has 114 valence electrons. The van der Waals surface area contributed by atoms with Gasteiger partial charge in [-0.05, 0) is 52.0 Å². The summed E-state index contributed by atoms with van der Waals surface area (Å²) in [6.07, 6.45) is 0. The van der Waals surface area contributed by atoms with E-state index >= 15 is 0 Å². The van der Waals surface area contributed by atoms with E-state index in [9.17, 15) is 9.59 Å². The third-order valence-electron chi connectivity index (χ3n) is 3.55. The number of amides is 2. The number of aryl methyl sites for hydroxylation is 2. The Hall–Kier alpha value is -2.42. The van der Waals surface area contributed by atoms with Crippen LogP contribution in [0.5, 0.6) is 0 Å². The molecule has 2 aromatic carbocycles. The highest BCUT2D eigenvalue weighted by molar-refractivity contribution is 6.10. The summed E-state index contributed by atoms with van der Waals surface area (Å²) >= 11 is 0. The molecule has 0 fully saturated rings. The number of carbonyl (C=O) groups excluding carboxylic acids is 2. The summed E-state index contributed by atoms with van der Waals surface area (Å²) in [6, 6.07) is 14.3. The van der Waals surface area contributed by atoms with Gasteiger partial charge in [0.25, 0.3) is 11.8 Å². The molecule has 0 radical (unpaired) electrons. The van der Waals surface area contributed by atoms with Crippen molar-refractivity contribution in [1.29, 1.82) is 0 Å². The number of imide groups is 1. The fourth-order valence-corrected chi connectivity index (χ4v) is 2.23. The molecule has 22 heavy (non-hydrogen) atoms. The number of benzene rings is 2. The molecular formula is C19H21NO2. The summed E-state index contributed by atoms with van der Waals surface area (Å²) in [5.74, 6) is -0.527. The van der Waals surface area contributed by atoms with Gasteiger partial charge in [0.1, 0.15) is 0 Å². The van der Waals surface area contributed by atoms with Gasteiger partial charge in [0, 0.05) is 17.2 Å². The molecule has 3 nitrogen and oxygen atoms in total. The summed E-state index contributed by atoms with van der Waals surface area (Å²) in [4.78, 5) is 26.7. The van der Waals surface area contributed by atoms with Gasteiger partial charge < -0.3 is 0 Å². The van der Waals surface area contributed by atoms with E-state index in [0.29, 0.717) is 11.1 Å². The van der Waals surface area contributed by atoms with E-state index in [1.165, 1.54) is 4.90 Å². The molecule has 0 aliphatic carbocycles. The van der Waals surface area contributed by atoms with E-state index in [2.05, 4.69) is 0 Å². The molecule has 0 spiro atoms. The molecule has 0 aromatic heterocycles. The number of hydrogen-bond acceptors (Lipinski definition) is 2. The van der Waals surface area contributed by atoms with Crippen LogP contribution in [-0.4, -0.2) is 22.8 Å². The minimum atomic E-state index is -0.263. The minimum absolute atomic E-state index is 0.206. The van der Waals surface area contributed by atoms with Gasteiger partial charge in [-0.15, -0.1) is 0 Å². The third-order valence-corrected chi connectivity index (χ3v) is 3.55. The lowest BCUT2D eigenvalue weighted by molar-refractivity contribution is 0.0569. The smallest absolute Gasteiger partial charge is 0.260 e. The molecular weight excluding hydrogens is 274 g/mol. The van der Waals surface area contributed by atoms with Gasteiger partial charge in [-0.25, -0.2) is 0 Å². The highest BCUT2D eigenvalue weighted by Crippen LogP contribution is 2.15. The van der Waals surface area contributed by atoms with E-state index in [0.717, 1.165) is 11.1 Å². The number of nitrogens with zero attached hydrogens (tertiary/aromatic N) is 1. The van der Waals surface area contributed by atoms with Crippen LogP contribution >= 0.6 is 0 Å². The fourth-order valence-electron chi connectivity index (χ4n) is 2.23. The summed E-state index contributed by atoms with van der Waals surface area (Å²) in [6.45, 7) is 7.62. The Labute approximate surface area is 131 Å². The second-order valence-electron chi connectivity index (χ2n) is 5.81. The summed E-state index contributed by atoms with van der Waals surface area (Å²) in [5, 5.41) is 0. The standard InChI is InChI=1S/C19H21NO2/c1-13(2)20(18(21)16-9-5-14(3)6-10-16)19(22)17-11-7-15(4)8-12-17/h5-13H,1-4H3. The number of rotatable bonds is 3. The van der Waals surface area contributed by atoms with Crippen molar-refractivity contribution in [2.45, 2.75) is 33.7 Å². The third kappa shape index (κ3) is 3.42. The maximum atomic E-state index is 12.7. The van der Waals surface area contributed by atoms with Gasteiger partial charge in [-0.1, -0.05) is 35.4 Å². The van der Waals surface area contributed by atoms with Crippen LogP contribution < -0.4 is 0 Å². The van der Waals surface area contributed by atoms with Crippen LogP contribution in [0.4, 0.5) is 0 Å². The minimum Gasteiger partial charge on any atom is -0.272 e. The zero-order valence-electron chi connectivity index (χ0n) is 13.5. The molecule has 2 rings (SSSR count). The molecule has 0 unspecified atom stereocenters. The van der Waals surface area contributed by atoms with Gasteiger partial charge in [-0.3, -0.25) is 14.5 Å². The van der Waals surface area contributed by atoms with Crippen LogP contribution in [0.1, 0.15) is 45.7 Å². The average Bonchev–Trinajstić information content (AvgIpc) is 2.48. The Bertz CT molecular complexity index is 612. The zero-order chi connectivity index (χ0) is 16.3. The number of carbonyl (C=O) groups is 2. The topological polar surface area (TPSA) is 37.4 Å². The lowest BCUT2D eigenvalue weighted by Crippen LogP contribution is -2.42. The van der Waals surface area contributed by atoms with Gasteiger partial charge >= 0.3 is 0 Å². The van der Waals surface area contributed by atoms with E-state index in [4.69, 9.17) is 0 Å². The highest BCUT2D eigenvalue weighted by Gasteiger charge is 2.26. The van der Waals surface area contributed by atoms with Crippen LogP contribution in [0.15, 0.2) is 48.5 Å². The van der Waals surface area contributed by atoms with Gasteiger partial charge in [0.05, 0.1) is 0 Å². The summed E-state index contributed by atoms with van der Waals surface area (Å²) < 4.78 is 0. The van der Waals surface area contributed by atoms with Crippen molar-refractivity contribution >= 4 is 11.8 Å². The predicted molar refractivity (Wildman–Crippen MR) is 88.0 cm³/mol. The molecule has 2 aromatic rings. The van der Waals surface area contributed by atoms with Gasteiger partial charge in [0.15, 0.2) is 0 Å². The second kappa shape index (κ2) is 6.56. The highest BCUT2D eigenvalue weighted by atomic mass is 16.2. The summed E-state index contributed by atoms with van der Waals surface area (Å²) in [5.41, 5.74) is 3.22. The Morgan fingerprint density at radius 1 is 0.727 bits per heavy atom. The maximum Gasteiger partial charge on any atom is 0.260 e. The Balaban J connectivity index is 2.33. The molecule has 0 heterocycles. The maximum absolute atomic E-state index is 12.7. The van der Waals surface area contributed by atoms with Crippen molar-refractivity contribution in [2.75, 3.05) is 0 Å². The summed E-state index contributed by atoms with van der Waals surface area (Å²) in [7, 11) is 0. The predicted octanol–water partition coefficient (Wildman–Crippen LogP) is 3.99. The first-order chi connectivity index (χ1) is 10.4. The quantitative estimate of drug-likeness (QED) is 0.803. The zero-order valence-corrected chi connectivity index (χ0v) is 13.5. The largest absolute Gasteiger partial charge is 0.272 e. The molecule has 0 aliphatic heterocycles. The Morgan fingerprint density at radius 2 is 1.05 bits per heavy atom. The van der Waals surface area contributed by atoms with Gasteiger partial charge in [-0.2, -0.15) is 0 Å². The molecule has 3 heteroatoms. The van der Waals surface area contributed by atoms with Crippen molar-refractivity contribution in [3.63, 3.8) is 0 Å². The first-order valence-electron chi connectivity index (χ1n) is 7.41. The first kappa shape index (κ1) is 16.0. The fraction of sp³-hybridized carbons (Fsp3) is 0.263. The molecule has 0 N–H and O–H groups in total. The lowest BCUT2D eigenvalue weighted by Gasteiger charge is -2.25. The van der Waals surface area contributed by atoms with Crippen LogP contribution in [0.25, 0.3) is 0 Å². The SMILES string of the molecule is Cc1ccc(C(=O)N(C(=O)c2ccc(C)cc2)C(C)C)cc1. The Kier molecular flexibility index (Phi) is 4.76. The van der Waals surface area contributed by atoms with E-state index < -0.39 is 0 Å². The number of hydrogen-bond donors (Lipinski definition) is 0. The van der Waals surface area contributed by atoms with Crippen LogP contribution in [0.3, 0.4) is 0 Å². The monoisotopic (exact) mass is 295 g/mol. The van der Waals surface area contributed by atoms with Crippen molar-refractivity contribution in [2.24, 2.45) is 0 Å². The second-order valence-corrected chi connectivity index (χ2v) is 5.81. The van der Waals surface area contributed by atoms with Crippen LogP contribution in [0, 0.1) is 13.8 Å². The lowest BCUT2D eigenvalue weighted by atomic mass is 10.1. The Morgan fingerprint density at radius 3 is 1.32 bits per heavy atom. The van der Waals surface area contributed by atoms with E-state index in [1.807, 2.05) is 52.0 Å². The van der Waals surface area contributed by atoms with Crippen LogP contribution in [0.2, 0.25) is 0 Å². The molecule has 0 saturated heterocycles. The molecule has 0 bridgehead atoms.